The lowest BCUT2D eigenvalue weighted by molar-refractivity contribution is 0.358. The molecule has 0 aliphatic heterocycles. The summed E-state index contributed by atoms with van der Waals surface area (Å²) in [6, 6.07) is 17.6. The molecule has 0 saturated heterocycles. The van der Waals surface area contributed by atoms with Crippen molar-refractivity contribution in [2.45, 2.75) is 45.2 Å². The van der Waals surface area contributed by atoms with Crippen LogP contribution < -0.4 is 5.32 Å². The molecule has 21 heavy (non-hydrogen) atoms. The summed E-state index contributed by atoms with van der Waals surface area (Å²) in [6.07, 6.45) is 5.67. The van der Waals surface area contributed by atoms with Gasteiger partial charge in [0.2, 0.25) is 0 Å². The highest BCUT2D eigenvalue weighted by molar-refractivity contribution is 5.27. The molecule has 1 aliphatic carbocycles. The van der Waals surface area contributed by atoms with Crippen LogP contribution in [0.3, 0.4) is 0 Å². The number of pyridine rings is 1. The normalized spacial score (nSPS) is 22.1. The van der Waals surface area contributed by atoms with Crippen molar-refractivity contribution in [3.8, 4) is 0 Å². The monoisotopic (exact) mass is 280 g/mol. The van der Waals surface area contributed by atoms with Crippen LogP contribution >= 0.6 is 0 Å². The molecule has 0 bridgehead atoms. The van der Waals surface area contributed by atoms with E-state index in [9.17, 15) is 0 Å². The third-order valence-electron chi connectivity index (χ3n) is 4.49. The van der Waals surface area contributed by atoms with E-state index in [-0.39, 0.29) is 6.04 Å². The SMILES string of the molecule is CC1(C)CCC(NC(c2ccccc2)c2ccccn2)C1. The highest BCUT2D eigenvalue weighted by Crippen LogP contribution is 2.38. The molecule has 1 aliphatic rings. The van der Waals surface area contributed by atoms with Crippen molar-refractivity contribution in [1.29, 1.82) is 0 Å². The molecular weight excluding hydrogens is 256 g/mol. The number of rotatable bonds is 4. The Morgan fingerprint density at radius 3 is 2.48 bits per heavy atom. The number of nitrogens with one attached hydrogen (secondary N) is 1. The first kappa shape index (κ1) is 14.3. The van der Waals surface area contributed by atoms with E-state index >= 15 is 0 Å². The fourth-order valence-corrected chi connectivity index (χ4v) is 3.36. The lowest BCUT2D eigenvalue weighted by Gasteiger charge is -2.24. The zero-order valence-electron chi connectivity index (χ0n) is 12.9. The first-order valence-electron chi connectivity index (χ1n) is 7.86. The van der Waals surface area contributed by atoms with Gasteiger partial charge in [-0.2, -0.15) is 0 Å². The average Bonchev–Trinajstić information content (AvgIpc) is 2.86. The maximum atomic E-state index is 4.57. The van der Waals surface area contributed by atoms with Gasteiger partial charge in [-0.3, -0.25) is 4.98 Å². The Morgan fingerprint density at radius 2 is 1.86 bits per heavy atom. The third-order valence-corrected chi connectivity index (χ3v) is 4.49. The number of hydrogen-bond acceptors (Lipinski definition) is 2. The van der Waals surface area contributed by atoms with Crippen LogP contribution in [-0.4, -0.2) is 11.0 Å². The van der Waals surface area contributed by atoms with E-state index in [1.807, 2.05) is 12.3 Å². The Hall–Kier alpha value is -1.67. The second-order valence-corrected chi connectivity index (χ2v) is 6.87. The van der Waals surface area contributed by atoms with Gasteiger partial charge in [0.25, 0.3) is 0 Å². The molecule has 2 nitrogen and oxygen atoms in total. The van der Waals surface area contributed by atoms with Crippen molar-refractivity contribution in [3.63, 3.8) is 0 Å². The van der Waals surface area contributed by atoms with Crippen molar-refractivity contribution < 1.29 is 0 Å². The van der Waals surface area contributed by atoms with Crippen LogP contribution in [0.25, 0.3) is 0 Å². The molecule has 2 heteroatoms. The van der Waals surface area contributed by atoms with Gasteiger partial charge >= 0.3 is 0 Å². The number of aromatic nitrogens is 1. The molecule has 2 unspecified atom stereocenters. The summed E-state index contributed by atoms with van der Waals surface area (Å²) in [5, 5.41) is 3.84. The zero-order chi connectivity index (χ0) is 14.7. The molecule has 1 heterocycles. The Balaban J connectivity index is 1.84. The first-order valence-corrected chi connectivity index (χ1v) is 7.86. The molecule has 1 aromatic heterocycles. The summed E-state index contributed by atoms with van der Waals surface area (Å²) in [5.74, 6) is 0. The zero-order valence-corrected chi connectivity index (χ0v) is 12.9. The lowest BCUT2D eigenvalue weighted by atomic mass is 9.91. The van der Waals surface area contributed by atoms with Crippen LogP contribution in [-0.2, 0) is 0 Å². The lowest BCUT2D eigenvalue weighted by Crippen LogP contribution is -2.32. The van der Waals surface area contributed by atoms with Gasteiger partial charge in [-0.05, 0) is 42.4 Å². The Labute approximate surface area is 127 Å². The summed E-state index contributed by atoms with van der Waals surface area (Å²) >= 11 is 0. The molecule has 1 saturated carbocycles. The van der Waals surface area contributed by atoms with Crippen molar-refractivity contribution in [1.82, 2.24) is 10.3 Å². The summed E-state index contributed by atoms with van der Waals surface area (Å²) in [7, 11) is 0. The van der Waals surface area contributed by atoms with Crippen LogP contribution in [0, 0.1) is 5.41 Å². The minimum absolute atomic E-state index is 0.186. The summed E-state index contributed by atoms with van der Waals surface area (Å²) in [6.45, 7) is 4.74. The summed E-state index contributed by atoms with van der Waals surface area (Å²) in [4.78, 5) is 4.57. The first-order chi connectivity index (χ1) is 10.1. The Bertz CT molecular complexity index is 523. The maximum Gasteiger partial charge on any atom is 0.0753 e. The molecule has 3 rings (SSSR count). The van der Waals surface area contributed by atoms with E-state index in [1.165, 1.54) is 24.8 Å². The van der Waals surface area contributed by atoms with Gasteiger partial charge in [-0.1, -0.05) is 50.2 Å². The minimum Gasteiger partial charge on any atom is -0.302 e. The van der Waals surface area contributed by atoms with E-state index in [2.05, 4.69) is 66.6 Å². The second kappa shape index (κ2) is 5.98. The predicted octanol–water partition coefficient (Wildman–Crippen LogP) is 4.34. The topological polar surface area (TPSA) is 24.9 Å². The van der Waals surface area contributed by atoms with E-state index in [0.29, 0.717) is 11.5 Å². The van der Waals surface area contributed by atoms with Gasteiger partial charge in [-0.25, -0.2) is 0 Å². The number of nitrogens with zero attached hydrogens (tertiary/aromatic N) is 1. The molecule has 1 N–H and O–H groups in total. The van der Waals surface area contributed by atoms with Gasteiger partial charge in [-0.15, -0.1) is 0 Å². The Morgan fingerprint density at radius 1 is 1.10 bits per heavy atom. The highest BCUT2D eigenvalue weighted by Gasteiger charge is 2.32. The predicted molar refractivity (Wildman–Crippen MR) is 87.1 cm³/mol. The maximum absolute atomic E-state index is 4.57. The van der Waals surface area contributed by atoms with Crippen molar-refractivity contribution in [2.24, 2.45) is 5.41 Å². The summed E-state index contributed by atoms with van der Waals surface area (Å²) in [5.41, 5.74) is 2.86. The fraction of sp³-hybridized carbons (Fsp3) is 0.421. The molecular formula is C19H24N2. The quantitative estimate of drug-likeness (QED) is 0.901. The van der Waals surface area contributed by atoms with Gasteiger partial charge in [0, 0.05) is 12.2 Å². The van der Waals surface area contributed by atoms with Gasteiger partial charge in [0.1, 0.15) is 0 Å². The Kier molecular flexibility index (Phi) is 4.07. The van der Waals surface area contributed by atoms with Crippen LogP contribution in [0.5, 0.6) is 0 Å². The fourth-order valence-electron chi connectivity index (χ4n) is 3.36. The third kappa shape index (κ3) is 3.51. The van der Waals surface area contributed by atoms with Gasteiger partial charge < -0.3 is 5.32 Å². The van der Waals surface area contributed by atoms with E-state index in [4.69, 9.17) is 0 Å². The summed E-state index contributed by atoms with van der Waals surface area (Å²) < 4.78 is 0. The molecule has 0 radical (unpaired) electrons. The minimum atomic E-state index is 0.186. The van der Waals surface area contributed by atoms with Crippen molar-refractivity contribution in [3.05, 3.63) is 66.0 Å². The van der Waals surface area contributed by atoms with E-state index < -0.39 is 0 Å². The molecule has 0 spiro atoms. The van der Waals surface area contributed by atoms with Crippen LogP contribution in [0.15, 0.2) is 54.7 Å². The molecule has 2 aromatic rings. The highest BCUT2D eigenvalue weighted by atomic mass is 15.0. The molecule has 0 amide bonds. The molecule has 110 valence electrons. The second-order valence-electron chi connectivity index (χ2n) is 6.87. The number of hydrogen-bond donors (Lipinski definition) is 1. The van der Waals surface area contributed by atoms with Crippen LogP contribution in [0.4, 0.5) is 0 Å². The van der Waals surface area contributed by atoms with E-state index in [1.54, 1.807) is 0 Å². The van der Waals surface area contributed by atoms with Gasteiger partial charge in [0.05, 0.1) is 11.7 Å². The van der Waals surface area contributed by atoms with Crippen molar-refractivity contribution >= 4 is 0 Å². The van der Waals surface area contributed by atoms with Crippen LogP contribution in [0.2, 0.25) is 0 Å². The van der Waals surface area contributed by atoms with Crippen LogP contribution in [0.1, 0.15) is 50.4 Å². The van der Waals surface area contributed by atoms with E-state index in [0.717, 1.165) is 5.69 Å². The standard InChI is InChI=1S/C19H24N2/c1-19(2)12-11-16(14-19)21-18(15-8-4-3-5-9-15)17-10-6-7-13-20-17/h3-10,13,16,18,21H,11-12,14H2,1-2H3. The molecule has 1 aromatic carbocycles. The average molecular weight is 280 g/mol. The molecule has 1 fully saturated rings. The largest absolute Gasteiger partial charge is 0.302 e. The molecule has 2 atom stereocenters. The van der Waals surface area contributed by atoms with Crippen molar-refractivity contribution in [2.75, 3.05) is 0 Å². The smallest absolute Gasteiger partial charge is 0.0753 e. The number of benzene rings is 1. The van der Waals surface area contributed by atoms with Gasteiger partial charge in [0.15, 0.2) is 0 Å².